The van der Waals surface area contributed by atoms with Crippen LogP contribution >= 0.6 is 0 Å². The predicted octanol–water partition coefficient (Wildman–Crippen LogP) is 7.21. The van der Waals surface area contributed by atoms with E-state index in [4.69, 9.17) is 19.1 Å². The molecule has 15 nitrogen and oxygen atoms in total. The minimum Gasteiger partial charge on any atom is -0.381 e. The molecule has 2 aliphatic heterocycles. The van der Waals surface area contributed by atoms with Gasteiger partial charge in [-0.05, 0) is 136 Å². The zero-order chi connectivity index (χ0) is 44.4. The van der Waals surface area contributed by atoms with Crippen molar-refractivity contribution in [1.82, 2.24) is 38.5 Å². The smallest absolute Gasteiger partial charge is 0.381 e. The second-order valence-corrected chi connectivity index (χ2v) is 20.4. The topological polar surface area (TPSA) is 179 Å². The Kier molecular flexibility index (Phi) is 9.23. The van der Waals surface area contributed by atoms with Crippen molar-refractivity contribution in [3.05, 3.63) is 139 Å². The summed E-state index contributed by atoms with van der Waals surface area (Å²) in [6.07, 6.45) is 7.66. The first kappa shape index (κ1) is 40.4. The van der Waals surface area contributed by atoms with Gasteiger partial charge in [-0.15, -0.1) is 0 Å². The number of ether oxygens (including phenoxy) is 1. The first-order valence-corrected chi connectivity index (χ1v) is 23.6. The van der Waals surface area contributed by atoms with Gasteiger partial charge in [-0.1, -0.05) is 18.1 Å². The number of fused-ring (bicyclic) bond motifs is 2. The van der Waals surface area contributed by atoms with Gasteiger partial charge in [0.15, 0.2) is 5.82 Å². The predicted molar refractivity (Wildman–Crippen MR) is 236 cm³/mol. The summed E-state index contributed by atoms with van der Waals surface area (Å²) in [5.41, 5.74) is 4.52. The van der Waals surface area contributed by atoms with Gasteiger partial charge in [-0.25, -0.2) is 27.6 Å². The van der Waals surface area contributed by atoms with Crippen LogP contribution in [0.1, 0.15) is 102 Å². The molecule has 0 bridgehead atoms. The summed E-state index contributed by atoms with van der Waals surface area (Å²) in [7, 11) is -2.93. The highest BCUT2D eigenvalue weighted by Crippen LogP contribution is 2.56. The molecule has 0 radical (unpaired) electrons. The molecule has 11 rings (SSSR count). The fraction of sp³-hybridized carbons (Fsp3) is 0.383. The molecule has 7 aromatic rings. The highest BCUT2D eigenvalue weighted by Gasteiger charge is 2.59. The highest BCUT2D eigenvalue weighted by molar-refractivity contribution is 7.93. The van der Waals surface area contributed by atoms with Gasteiger partial charge in [0.05, 0.1) is 32.8 Å². The Hall–Kier alpha value is -6.33. The Labute approximate surface area is 367 Å². The Morgan fingerprint density at radius 1 is 0.938 bits per heavy atom. The maximum Gasteiger partial charge on any atom is 0.438 e. The van der Waals surface area contributed by atoms with Gasteiger partial charge in [-0.2, -0.15) is 5.10 Å². The van der Waals surface area contributed by atoms with Gasteiger partial charge in [0.1, 0.15) is 22.9 Å². The van der Waals surface area contributed by atoms with Gasteiger partial charge in [0.25, 0.3) is 5.91 Å². The van der Waals surface area contributed by atoms with Gasteiger partial charge in [0.2, 0.25) is 0 Å². The van der Waals surface area contributed by atoms with Crippen molar-refractivity contribution in [3.8, 4) is 17.2 Å². The minimum atomic E-state index is -2.93. The fourth-order valence-corrected chi connectivity index (χ4v) is 12.1. The zero-order valence-corrected chi connectivity index (χ0v) is 36.8. The lowest BCUT2D eigenvalue weighted by molar-refractivity contribution is 0.0663. The van der Waals surface area contributed by atoms with Crippen molar-refractivity contribution in [2.75, 3.05) is 19.8 Å². The van der Waals surface area contributed by atoms with Crippen molar-refractivity contribution < 1.29 is 22.7 Å². The molecule has 1 amide bonds. The third-order valence-electron chi connectivity index (χ3n) is 14.1. The van der Waals surface area contributed by atoms with Crippen LogP contribution in [0.5, 0.6) is 0 Å². The fourth-order valence-electron chi connectivity index (χ4n) is 10.3. The zero-order valence-electron chi connectivity index (χ0n) is 36.0. The monoisotopic (exact) mass is 885 g/mol. The van der Waals surface area contributed by atoms with E-state index in [1.165, 1.54) is 14.7 Å². The molecule has 2 N–H and O–H groups in total. The molecular weight excluding hydrogens is 838 g/mol. The van der Waals surface area contributed by atoms with E-state index in [2.05, 4.69) is 35.3 Å². The number of rotatable bonds is 9. The molecule has 4 aromatic heterocycles. The minimum absolute atomic E-state index is 0.0183. The highest BCUT2D eigenvalue weighted by atomic mass is 32.2. The van der Waals surface area contributed by atoms with E-state index in [-0.39, 0.29) is 22.9 Å². The van der Waals surface area contributed by atoms with Gasteiger partial charge < -0.3 is 14.2 Å². The van der Waals surface area contributed by atoms with Crippen LogP contribution in [0.2, 0.25) is 0 Å². The summed E-state index contributed by atoms with van der Waals surface area (Å²) in [6.45, 7) is 9.11. The van der Waals surface area contributed by atoms with Crippen molar-refractivity contribution in [2.24, 2.45) is 5.92 Å². The standard InChI is InChI=1S/C47H48FN9O6S/c1-26-21-34(22-27(2)41(26)48)57-42(55-18-17-54(46(55)60)33-6-8-35(9-7-33)64(49,61)36-10-11-36)40-29(4)53(16-13-37(40)51-57)43(58)39-24-32-23-31(30-14-19-62-20-15-30)5-12-38(32)56(39)47(25-28(47)3)44-50-45(59)63-52-44/h5-9,12,17-18,21-24,28-30,36,49H,10-11,13-16,19-20,25H2,1-4H3,(H,50,52,59)/t28-,29-,47-,64?/m0/s1. The first-order valence-electron chi connectivity index (χ1n) is 21.9. The summed E-state index contributed by atoms with van der Waals surface area (Å²) in [4.78, 5) is 47.5. The second kappa shape index (κ2) is 14.6. The number of H-pyrrole nitrogens is 1. The van der Waals surface area contributed by atoms with E-state index in [0.29, 0.717) is 94.5 Å². The summed E-state index contributed by atoms with van der Waals surface area (Å²) >= 11 is 0. The van der Waals surface area contributed by atoms with Crippen LogP contribution in [0.15, 0.2) is 92.1 Å². The molecular formula is C47H48FN9O6S. The quantitative estimate of drug-likeness (QED) is 0.153. The lowest BCUT2D eigenvalue weighted by Crippen LogP contribution is -2.41. The van der Waals surface area contributed by atoms with Crippen LogP contribution in [0, 0.1) is 30.4 Å². The number of amides is 1. The number of aromatic nitrogens is 7. The Balaban J connectivity index is 1.04. The number of nitrogens with one attached hydrogen (secondary N) is 2. The average molecular weight is 886 g/mol. The van der Waals surface area contributed by atoms with Crippen LogP contribution in [-0.4, -0.2) is 73.6 Å². The van der Waals surface area contributed by atoms with E-state index < -0.39 is 32.8 Å². The third-order valence-corrected chi connectivity index (χ3v) is 16.5. The van der Waals surface area contributed by atoms with Crippen LogP contribution in [0.25, 0.3) is 28.1 Å². The maximum absolute atomic E-state index is 15.5. The van der Waals surface area contributed by atoms with E-state index >= 15 is 9.18 Å². The number of halogens is 1. The Morgan fingerprint density at radius 3 is 2.30 bits per heavy atom. The van der Waals surface area contributed by atoms with Gasteiger partial charge in [-0.3, -0.25) is 23.4 Å². The number of nitrogens with zero attached hydrogens (tertiary/aromatic N) is 7. The number of aromatic amines is 1. The maximum atomic E-state index is 15.5. The van der Waals surface area contributed by atoms with Gasteiger partial charge in [0, 0.05) is 65.2 Å². The summed E-state index contributed by atoms with van der Waals surface area (Å²) < 4.78 is 54.2. The van der Waals surface area contributed by atoms with Gasteiger partial charge >= 0.3 is 11.4 Å². The van der Waals surface area contributed by atoms with Crippen LogP contribution in [0.4, 0.5) is 4.39 Å². The molecule has 330 valence electrons. The third kappa shape index (κ3) is 6.21. The number of hydrogen-bond donors (Lipinski definition) is 2. The molecule has 4 atom stereocenters. The van der Waals surface area contributed by atoms with Crippen molar-refractivity contribution in [1.29, 1.82) is 4.78 Å². The molecule has 3 fully saturated rings. The number of imidazole rings is 1. The Bertz CT molecular complexity index is 3250. The normalized spacial score (nSPS) is 22.2. The molecule has 17 heteroatoms. The largest absolute Gasteiger partial charge is 0.438 e. The van der Waals surface area contributed by atoms with Crippen LogP contribution < -0.4 is 11.4 Å². The molecule has 2 saturated carbocycles. The molecule has 64 heavy (non-hydrogen) atoms. The molecule has 4 aliphatic rings. The molecule has 3 aromatic carbocycles. The molecule has 0 spiro atoms. The summed E-state index contributed by atoms with van der Waals surface area (Å²) in [5.74, 6) is -0.0986. The summed E-state index contributed by atoms with van der Waals surface area (Å²) in [6, 6.07) is 17.8. The molecule has 2 aliphatic carbocycles. The van der Waals surface area contributed by atoms with Crippen LogP contribution in [0.3, 0.4) is 0 Å². The lowest BCUT2D eigenvalue weighted by atomic mass is 9.91. The Morgan fingerprint density at radius 2 is 1.64 bits per heavy atom. The molecule has 1 unspecified atom stereocenters. The number of aryl methyl sites for hydroxylation is 2. The van der Waals surface area contributed by atoms with E-state index in [9.17, 15) is 13.8 Å². The number of carbonyl (C=O) groups excluding carboxylic acids is 1. The average Bonchev–Trinajstić information content (AvgIpc) is 4.03. The molecule has 1 saturated heterocycles. The second-order valence-electron chi connectivity index (χ2n) is 18.1. The van der Waals surface area contributed by atoms with E-state index in [0.717, 1.165) is 36.6 Å². The molecule has 6 heterocycles. The van der Waals surface area contributed by atoms with Crippen molar-refractivity contribution in [3.63, 3.8) is 0 Å². The van der Waals surface area contributed by atoms with Crippen LogP contribution in [-0.2, 0) is 26.4 Å². The van der Waals surface area contributed by atoms with Crippen molar-refractivity contribution >= 4 is 26.5 Å². The van der Waals surface area contributed by atoms with E-state index in [1.807, 2.05) is 22.5 Å². The lowest BCUT2D eigenvalue weighted by Gasteiger charge is -2.34. The summed E-state index contributed by atoms with van der Waals surface area (Å²) in [5, 5.41) is 10.0. The van der Waals surface area contributed by atoms with E-state index in [1.54, 1.807) is 67.3 Å². The SMILES string of the molecule is Cc1cc(-n2nc3c(c2-n2ccn(-c4ccc(S(=N)(=O)C5CC5)cc4)c2=O)[C@H](C)N(C(=O)c2cc4cc(C5CCOCC5)ccc4n2[C@@]2(c4noc(=O)[nH]4)C[C@@H]2C)CC3)cc(C)c1F. The number of benzene rings is 3. The number of carbonyl (C=O) groups is 1. The first-order chi connectivity index (χ1) is 30.8. The van der Waals surface area contributed by atoms with Crippen molar-refractivity contribution in [2.45, 2.75) is 93.9 Å². The number of hydrogen-bond acceptors (Lipinski definition) is 9.